The summed E-state index contributed by atoms with van der Waals surface area (Å²) in [6.07, 6.45) is 9.19. The predicted octanol–water partition coefficient (Wildman–Crippen LogP) is 3.47. The molecule has 4 heteroatoms. The van der Waals surface area contributed by atoms with E-state index >= 15 is 0 Å². The van der Waals surface area contributed by atoms with Crippen LogP contribution in [-0.2, 0) is 4.79 Å². The molecule has 0 aromatic carbocycles. The number of thioether (sulfide) groups is 1. The Morgan fingerprint density at radius 3 is 2.06 bits per heavy atom. The summed E-state index contributed by atoms with van der Waals surface area (Å²) in [5, 5.41) is 0. The Morgan fingerprint density at radius 2 is 1.53 bits per heavy atom. The van der Waals surface area contributed by atoms with E-state index in [0.29, 0.717) is 5.75 Å². The predicted molar refractivity (Wildman–Crippen MR) is 82.2 cm³/mol. The first kappa shape index (κ1) is 17.2. The fourth-order valence-electron chi connectivity index (χ4n) is 1.49. The van der Waals surface area contributed by atoms with Crippen LogP contribution < -0.4 is 0 Å². The number of carbonyl (C=O) groups is 1. The van der Waals surface area contributed by atoms with Gasteiger partial charge in [0.25, 0.3) is 0 Å². The van der Waals surface area contributed by atoms with Crippen LogP contribution in [-0.4, -0.2) is 42.2 Å². The summed E-state index contributed by atoms with van der Waals surface area (Å²) in [6, 6.07) is 0. The topological polar surface area (TPSA) is 20.3 Å². The van der Waals surface area contributed by atoms with E-state index in [1.165, 1.54) is 44.9 Å². The molecule has 0 aliphatic heterocycles. The summed E-state index contributed by atoms with van der Waals surface area (Å²) in [6.45, 7) is 0. The van der Waals surface area contributed by atoms with E-state index in [1.54, 1.807) is 16.7 Å². The lowest BCUT2D eigenvalue weighted by Crippen LogP contribution is -2.23. The molecular formula is C13H27NOS2. The fraction of sp³-hybridized carbons (Fsp3) is 0.923. The first-order valence-electron chi connectivity index (χ1n) is 6.57. The van der Waals surface area contributed by atoms with Gasteiger partial charge in [0.2, 0.25) is 5.91 Å². The average molecular weight is 277 g/mol. The molecule has 0 radical (unpaired) electrons. The van der Waals surface area contributed by atoms with Crippen molar-refractivity contribution < 1.29 is 4.79 Å². The molecule has 0 bridgehead atoms. The highest BCUT2D eigenvalue weighted by molar-refractivity contribution is 7.99. The zero-order valence-electron chi connectivity index (χ0n) is 11.3. The lowest BCUT2D eigenvalue weighted by Gasteiger charge is -2.09. The minimum absolute atomic E-state index is 0.224. The summed E-state index contributed by atoms with van der Waals surface area (Å²) >= 11 is 5.96. The molecule has 0 aromatic heterocycles. The van der Waals surface area contributed by atoms with E-state index in [9.17, 15) is 4.79 Å². The van der Waals surface area contributed by atoms with Gasteiger partial charge in [-0.3, -0.25) is 4.79 Å². The molecule has 0 aromatic rings. The highest BCUT2D eigenvalue weighted by Crippen LogP contribution is 2.11. The Hall–Kier alpha value is 0.170. The van der Waals surface area contributed by atoms with Gasteiger partial charge in [-0.05, 0) is 24.3 Å². The van der Waals surface area contributed by atoms with Gasteiger partial charge in [-0.1, -0.05) is 32.1 Å². The molecule has 0 atom stereocenters. The van der Waals surface area contributed by atoms with E-state index in [1.807, 2.05) is 14.1 Å². The van der Waals surface area contributed by atoms with Crippen LogP contribution in [0.25, 0.3) is 0 Å². The molecule has 0 N–H and O–H groups in total. The summed E-state index contributed by atoms with van der Waals surface area (Å²) in [7, 11) is 3.63. The summed E-state index contributed by atoms with van der Waals surface area (Å²) in [4.78, 5) is 12.9. The maximum Gasteiger partial charge on any atom is 0.232 e. The van der Waals surface area contributed by atoms with E-state index < -0.39 is 0 Å². The van der Waals surface area contributed by atoms with Gasteiger partial charge in [0, 0.05) is 14.1 Å². The van der Waals surface area contributed by atoms with E-state index in [4.69, 9.17) is 0 Å². The number of rotatable bonds is 11. The monoisotopic (exact) mass is 277 g/mol. The van der Waals surface area contributed by atoms with Gasteiger partial charge >= 0.3 is 0 Å². The molecule has 1 amide bonds. The lowest BCUT2D eigenvalue weighted by molar-refractivity contribution is -0.125. The SMILES string of the molecule is CN(C)C(=O)CSCCCCCCCCCS. The first-order chi connectivity index (χ1) is 8.18. The van der Waals surface area contributed by atoms with Crippen LogP contribution in [0.2, 0.25) is 0 Å². The van der Waals surface area contributed by atoms with Crippen molar-refractivity contribution in [2.45, 2.75) is 44.9 Å². The van der Waals surface area contributed by atoms with Crippen molar-refractivity contribution in [2.24, 2.45) is 0 Å². The van der Waals surface area contributed by atoms with Gasteiger partial charge < -0.3 is 4.90 Å². The van der Waals surface area contributed by atoms with Crippen molar-refractivity contribution >= 4 is 30.3 Å². The third-order valence-electron chi connectivity index (χ3n) is 2.67. The quantitative estimate of drug-likeness (QED) is 0.461. The maximum absolute atomic E-state index is 11.3. The highest BCUT2D eigenvalue weighted by atomic mass is 32.2. The molecule has 0 unspecified atom stereocenters. The van der Waals surface area contributed by atoms with Crippen LogP contribution in [0.4, 0.5) is 0 Å². The number of hydrogen-bond donors (Lipinski definition) is 1. The largest absolute Gasteiger partial charge is 0.348 e. The number of carbonyl (C=O) groups excluding carboxylic acids is 1. The Balaban J connectivity index is 3.06. The van der Waals surface area contributed by atoms with E-state index in [-0.39, 0.29) is 5.91 Å². The Bertz CT molecular complexity index is 186. The van der Waals surface area contributed by atoms with Crippen molar-refractivity contribution in [3.05, 3.63) is 0 Å². The molecule has 17 heavy (non-hydrogen) atoms. The number of unbranched alkanes of at least 4 members (excludes halogenated alkanes) is 6. The molecule has 0 aliphatic carbocycles. The summed E-state index contributed by atoms with van der Waals surface area (Å²) < 4.78 is 0. The second-order valence-corrected chi connectivity index (χ2v) is 6.09. The van der Waals surface area contributed by atoms with Crippen molar-refractivity contribution in [2.75, 3.05) is 31.4 Å². The second kappa shape index (κ2) is 12.6. The second-order valence-electron chi connectivity index (χ2n) is 4.54. The number of thiol groups is 1. The van der Waals surface area contributed by atoms with Gasteiger partial charge in [0.1, 0.15) is 0 Å². The van der Waals surface area contributed by atoms with Gasteiger partial charge in [-0.25, -0.2) is 0 Å². The smallest absolute Gasteiger partial charge is 0.232 e. The van der Waals surface area contributed by atoms with Crippen LogP contribution >= 0.6 is 24.4 Å². The zero-order chi connectivity index (χ0) is 12.9. The molecule has 0 saturated heterocycles. The normalized spacial score (nSPS) is 10.5. The maximum atomic E-state index is 11.3. The molecule has 0 aliphatic rings. The summed E-state index contributed by atoms with van der Waals surface area (Å²) in [5.74, 6) is 3.00. The van der Waals surface area contributed by atoms with Gasteiger partial charge in [0.05, 0.1) is 5.75 Å². The Labute approximate surface area is 116 Å². The van der Waals surface area contributed by atoms with Crippen molar-refractivity contribution in [1.29, 1.82) is 0 Å². The third-order valence-corrected chi connectivity index (χ3v) is 4.02. The van der Waals surface area contributed by atoms with Gasteiger partial charge in [-0.2, -0.15) is 24.4 Å². The molecule has 0 spiro atoms. The molecule has 0 rings (SSSR count). The van der Waals surface area contributed by atoms with Crippen LogP contribution in [0, 0.1) is 0 Å². The van der Waals surface area contributed by atoms with Crippen LogP contribution in [0.15, 0.2) is 0 Å². The van der Waals surface area contributed by atoms with Crippen LogP contribution in [0.3, 0.4) is 0 Å². The highest BCUT2D eigenvalue weighted by Gasteiger charge is 2.02. The van der Waals surface area contributed by atoms with E-state index in [0.717, 1.165) is 11.5 Å². The Kier molecular flexibility index (Phi) is 12.7. The minimum Gasteiger partial charge on any atom is -0.348 e. The zero-order valence-corrected chi connectivity index (χ0v) is 13.0. The standard InChI is InChI=1S/C13H27NOS2/c1-14(2)13(15)12-17-11-9-7-5-3-4-6-8-10-16/h16H,3-12H2,1-2H3. The number of nitrogens with zero attached hydrogens (tertiary/aromatic N) is 1. The Morgan fingerprint density at radius 1 is 1.00 bits per heavy atom. The minimum atomic E-state index is 0.224. The first-order valence-corrected chi connectivity index (χ1v) is 8.36. The van der Waals surface area contributed by atoms with Gasteiger partial charge in [0.15, 0.2) is 0 Å². The van der Waals surface area contributed by atoms with Crippen LogP contribution in [0.1, 0.15) is 44.9 Å². The van der Waals surface area contributed by atoms with Crippen molar-refractivity contribution in [3.63, 3.8) is 0 Å². The molecule has 102 valence electrons. The molecule has 2 nitrogen and oxygen atoms in total. The molecule has 0 saturated carbocycles. The van der Waals surface area contributed by atoms with E-state index in [2.05, 4.69) is 12.6 Å². The number of hydrogen-bond acceptors (Lipinski definition) is 3. The number of amides is 1. The molecule has 0 fully saturated rings. The fourth-order valence-corrected chi connectivity index (χ4v) is 2.70. The van der Waals surface area contributed by atoms with Crippen molar-refractivity contribution in [3.8, 4) is 0 Å². The molecule has 0 heterocycles. The summed E-state index contributed by atoms with van der Waals surface area (Å²) in [5.41, 5.74) is 0. The lowest BCUT2D eigenvalue weighted by atomic mass is 10.1. The van der Waals surface area contributed by atoms with Crippen LogP contribution in [0.5, 0.6) is 0 Å². The van der Waals surface area contributed by atoms with Crippen molar-refractivity contribution in [1.82, 2.24) is 4.90 Å². The molecular weight excluding hydrogens is 250 g/mol. The third kappa shape index (κ3) is 12.4. The van der Waals surface area contributed by atoms with Gasteiger partial charge in [-0.15, -0.1) is 0 Å². The average Bonchev–Trinajstić information content (AvgIpc) is 2.31.